The zero-order valence-electron chi connectivity index (χ0n) is 16.2. The molecule has 0 aliphatic carbocycles. The SMILES string of the molecule is CCCCCCCC/C=C/CCCCCCCC(=O)OCC(O)CCl. The molecule has 0 aromatic carbocycles. The zero-order chi connectivity index (χ0) is 18.6. The first-order chi connectivity index (χ1) is 12.2. The predicted octanol–water partition coefficient (Wildman–Crippen LogP) is 6.17. The Labute approximate surface area is 160 Å². The molecule has 0 radical (unpaired) electrons. The Kier molecular flexibility index (Phi) is 19.4. The number of hydrogen-bond acceptors (Lipinski definition) is 3. The van der Waals surface area contributed by atoms with Gasteiger partial charge in [0.15, 0.2) is 0 Å². The minimum absolute atomic E-state index is 0.00735. The second kappa shape index (κ2) is 19.8. The highest BCUT2D eigenvalue weighted by Gasteiger charge is 2.07. The van der Waals surface area contributed by atoms with Crippen LogP contribution >= 0.6 is 11.6 Å². The van der Waals surface area contributed by atoms with Crippen molar-refractivity contribution in [1.82, 2.24) is 0 Å². The number of unbranched alkanes of at least 4 members (excludes halogenated alkanes) is 11. The van der Waals surface area contributed by atoms with Gasteiger partial charge in [-0.3, -0.25) is 4.79 Å². The van der Waals surface area contributed by atoms with Crippen LogP contribution in [0.25, 0.3) is 0 Å². The van der Waals surface area contributed by atoms with E-state index >= 15 is 0 Å². The third kappa shape index (κ3) is 19.6. The topological polar surface area (TPSA) is 46.5 Å². The van der Waals surface area contributed by atoms with Crippen LogP contribution in [0.15, 0.2) is 12.2 Å². The van der Waals surface area contributed by atoms with Gasteiger partial charge in [0.1, 0.15) is 12.7 Å². The van der Waals surface area contributed by atoms with Crippen molar-refractivity contribution >= 4 is 17.6 Å². The molecule has 0 aromatic heterocycles. The normalized spacial score (nSPS) is 12.6. The summed E-state index contributed by atoms with van der Waals surface area (Å²) in [4.78, 5) is 11.4. The van der Waals surface area contributed by atoms with Gasteiger partial charge in [0.2, 0.25) is 0 Å². The highest BCUT2D eigenvalue weighted by atomic mass is 35.5. The molecule has 0 saturated heterocycles. The molecule has 0 rings (SSSR count). The lowest BCUT2D eigenvalue weighted by atomic mass is 10.1. The molecule has 0 spiro atoms. The van der Waals surface area contributed by atoms with Crippen molar-refractivity contribution in [2.24, 2.45) is 0 Å². The third-order valence-corrected chi connectivity index (χ3v) is 4.61. The average Bonchev–Trinajstić information content (AvgIpc) is 2.62. The molecule has 0 amide bonds. The number of carbonyl (C=O) groups is 1. The molecule has 1 atom stereocenters. The maximum absolute atomic E-state index is 11.4. The van der Waals surface area contributed by atoms with Crippen LogP contribution in [-0.2, 0) is 9.53 Å². The number of carbonyl (C=O) groups excluding carboxylic acids is 1. The van der Waals surface area contributed by atoms with Crippen molar-refractivity contribution in [2.45, 2.75) is 103 Å². The van der Waals surface area contributed by atoms with Crippen molar-refractivity contribution in [3.05, 3.63) is 12.2 Å². The van der Waals surface area contributed by atoms with Crippen molar-refractivity contribution in [3.63, 3.8) is 0 Å². The van der Waals surface area contributed by atoms with Crippen molar-refractivity contribution in [3.8, 4) is 0 Å². The fourth-order valence-corrected chi connectivity index (χ4v) is 2.74. The minimum atomic E-state index is -0.750. The fraction of sp³-hybridized carbons (Fsp3) is 0.857. The Balaban J connectivity index is 3.22. The van der Waals surface area contributed by atoms with Gasteiger partial charge in [-0.05, 0) is 32.1 Å². The monoisotopic (exact) mass is 374 g/mol. The number of alkyl halides is 1. The van der Waals surface area contributed by atoms with Gasteiger partial charge in [-0.1, -0.05) is 70.4 Å². The van der Waals surface area contributed by atoms with Crippen LogP contribution in [0.3, 0.4) is 0 Å². The Morgan fingerprint density at radius 3 is 2.00 bits per heavy atom. The standard InChI is InChI=1S/C21H39ClO3/c1-2-3-4-5-6-7-8-9-10-11-12-13-14-15-16-17-21(24)25-19-20(23)18-22/h9-10,20,23H,2-8,11-19H2,1H3/b10-9+. The van der Waals surface area contributed by atoms with Crippen LogP contribution in [0.5, 0.6) is 0 Å². The van der Waals surface area contributed by atoms with Crippen LogP contribution in [0.4, 0.5) is 0 Å². The Bertz CT molecular complexity index is 318. The van der Waals surface area contributed by atoms with Crippen LogP contribution in [0.2, 0.25) is 0 Å². The molecule has 148 valence electrons. The molecule has 0 aromatic rings. The molecule has 1 N–H and O–H groups in total. The number of hydrogen-bond donors (Lipinski definition) is 1. The van der Waals surface area contributed by atoms with Gasteiger partial charge >= 0.3 is 5.97 Å². The van der Waals surface area contributed by atoms with E-state index in [1.165, 1.54) is 70.6 Å². The second-order valence-corrected chi connectivity index (χ2v) is 7.13. The first kappa shape index (κ1) is 24.5. The number of halogens is 1. The Morgan fingerprint density at radius 2 is 1.44 bits per heavy atom. The molecule has 0 bridgehead atoms. The van der Waals surface area contributed by atoms with Gasteiger partial charge in [0, 0.05) is 6.42 Å². The number of aliphatic hydroxyl groups excluding tert-OH is 1. The molecular formula is C21H39ClO3. The summed E-state index contributed by atoms with van der Waals surface area (Å²) >= 11 is 5.44. The summed E-state index contributed by atoms with van der Waals surface area (Å²) in [7, 11) is 0. The van der Waals surface area contributed by atoms with E-state index in [4.69, 9.17) is 16.3 Å². The molecule has 3 nitrogen and oxygen atoms in total. The molecule has 25 heavy (non-hydrogen) atoms. The van der Waals surface area contributed by atoms with E-state index < -0.39 is 6.10 Å². The Hall–Kier alpha value is -0.540. The highest BCUT2D eigenvalue weighted by Crippen LogP contribution is 2.10. The summed E-state index contributed by atoms with van der Waals surface area (Å²) < 4.78 is 4.93. The molecule has 0 heterocycles. The Morgan fingerprint density at radius 1 is 0.920 bits per heavy atom. The molecule has 0 aliphatic heterocycles. The zero-order valence-corrected chi connectivity index (χ0v) is 16.9. The van der Waals surface area contributed by atoms with Gasteiger partial charge in [0.05, 0.1) is 5.88 Å². The van der Waals surface area contributed by atoms with Crippen LogP contribution < -0.4 is 0 Å². The van der Waals surface area contributed by atoms with Crippen LogP contribution in [0, 0.1) is 0 Å². The van der Waals surface area contributed by atoms with E-state index in [9.17, 15) is 9.90 Å². The van der Waals surface area contributed by atoms with Crippen LogP contribution in [-0.4, -0.2) is 29.7 Å². The summed E-state index contributed by atoms with van der Waals surface area (Å²) in [5.41, 5.74) is 0. The molecule has 0 saturated carbocycles. The smallest absolute Gasteiger partial charge is 0.305 e. The molecule has 4 heteroatoms. The maximum Gasteiger partial charge on any atom is 0.305 e. The number of ether oxygens (including phenoxy) is 1. The van der Waals surface area contributed by atoms with Gasteiger partial charge < -0.3 is 9.84 Å². The quantitative estimate of drug-likeness (QED) is 0.135. The van der Waals surface area contributed by atoms with E-state index in [2.05, 4.69) is 19.1 Å². The largest absolute Gasteiger partial charge is 0.463 e. The van der Waals surface area contributed by atoms with E-state index in [0.717, 1.165) is 12.8 Å². The first-order valence-corrected chi connectivity index (χ1v) is 10.8. The lowest BCUT2D eigenvalue weighted by molar-refractivity contribution is -0.146. The van der Waals surface area contributed by atoms with Gasteiger partial charge in [-0.15, -0.1) is 11.6 Å². The van der Waals surface area contributed by atoms with E-state index in [1.54, 1.807) is 0 Å². The molecular weight excluding hydrogens is 336 g/mol. The number of rotatable bonds is 18. The number of aliphatic hydroxyl groups is 1. The van der Waals surface area contributed by atoms with Crippen LogP contribution in [0.1, 0.15) is 96.8 Å². The number of esters is 1. The van der Waals surface area contributed by atoms with Crippen molar-refractivity contribution in [2.75, 3.05) is 12.5 Å². The lowest BCUT2D eigenvalue weighted by Crippen LogP contribution is -2.19. The summed E-state index contributed by atoms with van der Waals surface area (Å²) in [6.07, 6.45) is 20.5. The molecule has 1 unspecified atom stereocenters. The molecule has 0 fully saturated rings. The predicted molar refractivity (Wildman–Crippen MR) is 107 cm³/mol. The minimum Gasteiger partial charge on any atom is -0.463 e. The summed E-state index contributed by atoms with van der Waals surface area (Å²) in [6, 6.07) is 0. The third-order valence-electron chi connectivity index (χ3n) is 4.26. The summed E-state index contributed by atoms with van der Waals surface area (Å²) in [5, 5.41) is 9.20. The van der Waals surface area contributed by atoms with E-state index in [0.29, 0.717) is 6.42 Å². The van der Waals surface area contributed by atoms with E-state index in [-0.39, 0.29) is 18.5 Å². The number of allylic oxidation sites excluding steroid dienone is 2. The van der Waals surface area contributed by atoms with Gasteiger partial charge in [0.25, 0.3) is 0 Å². The lowest BCUT2D eigenvalue weighted by Gasteiger charge is -2.07. The average molecular weight is 375 g/mol. The molecule has 0 aliphatic rings. The van der Waals surface area contributed by atoms with Gasteiger partial charge in [-0.2, -0.15) is 0 Å². The fourth-order valence-electron chi connectivity index (χ4n) is 2.65. The van der Waals surface area contributed by atoms with E-state index in [1.807, 2.05) is 0 Å². The maximum atomic E-state index is 11.4. The highest BCUT2D eigenvalue weighted by molar-refractivity contribution is 6.18. The second-order valence-electron chi connectivity index (χ2n) is 6.83. The van der Waals surface area contributed by atoms with Crippen molar-refractivity contribution in [1.29, 1.82) is 0 Å². The van der Waals surface area contributed by atoms with Crippen molar-refractivity contribution < 1.29 is 14.6 Å². The summed E-state index contributed by atoms with van der Waals surface area (Å²) in [6.45, 7) is 2.26. The first-order valence-electron chi connectivity index (χ1n) is 10.2. The van der Waals surface area contributed by atoms with Gasteiger partial charge in [-0.25, -0.2) is 0 Å². The summed E-state index contributed by atoms with van der Waals surface area (Å²) in [5.74, 6) is -0.137.